The number of benzene rings is 1. The zero-order valence-corrected chi connectivity index (χ0v) is 11.0. The van der Waals surface area contributed by atoms with Gasteiger partial charge in [0.05, 0.1) is 5.69 Å². The third kappa shape index (κ3) is 2.22. The molecule has 19 heavy (non-hydrogen) atoms. The van der Waals surface area contributed by atoms with E-state index < -0.39 is 0 Å². The van der Waals surface area contributed by atoms with Crippen LogP contribution in [0.3, 0.4) is 0 Å². The summed E-state index contributed by atoms with van der Waals surface area (Å²) in [5.74, 6) is 0.520. The first-order valence-electron chi connectivity index (χ1n) is 5.78. The number of hydrogen-bond donors (Lipinski definition) is 1. The first kappa shape index (κ1) is 11.9. The van der Waals surface area contributed by atoms with E-state index in [1.807, 2.05) is 31.2 Å². The molecule has 0 amide bonds. The highest BCUT2D eigenvalue weighted by Crippen LogP contribution is 2.26. The van der Waals surface area contributed by atoms with Crippen molar-refractivity contribution < 1.29 is 0 Å². The van der Waals surface area contributed by atoms with E-state index in [1.54, 1.807) is 12.4 Å². The lowest BCUT2D eigenvalue weighted by molar-refractivity contribution is 1.11. The fraction of sp³-hybridized carbons (Fsp3) is 0.0714. The molecule has 0 aliphatic heterocycles. The molecule has 0 spiro atoms. The molecule has 2 N–H and O–H groups in total. The molecule has 3 rings (SSSR count). The summed E-state index contributed by atoms with van der Waals surface area (Å²) in [6.45, 7) is 1.91. The molecule has 2 heterocycles. The van der Waals surface area contributed by atoms with Crippen LogP contribution in [0, 0.1) is 6.92 Å². The normalized spacial score (nSPS) is 10.8. The van der Waals surface area contributed by atoms with Crippen LogP contribution in [-0.4, -0.2) is 15.0 Å². The first-order valence-corrected chi connectivity index (χ1v) is 6.16. The highest BCUT2D eigenvalue weighted by atomic mass is 35.5. The number of nitrogens with two attached hydrogens (primary N) is 1. The summed E-state index contributed by atoms with van der Waals surface area (Å²) in [5, 5.41) is 2.35. The Balaban J connectivity index is 2.17. The number of aryl methyl sites for hydroxylation is 1. The Bertz CT molecular complexity index is 770. The second kappa shape index (κ2) is 4.48. The van der Waals surface area contributed by atoms with Crippen LogP contribution in [0.25, 0.3) is 21.9 Å². The smallest absolute Gasteiger partial charge is 0.222 e. The van der Waals surface area contributed by atoms with Gasteiger partial charge in [0.2, 0.25) is 5.28 Å². The Morgan fingerprint density at radius 1 is 1.05 bits per heavy atom. The first-order chi connectivity index (χ1) is 9.13. The van der Waals surface area contributed by atoms with E-state index in [1.165, 1.54) is 0 Å². The van der Waals surface area contributed by atoms with E-state index in [9.17, 15) is 0 Å². The molecule has 0 aliphatic carbocycles. The zero-order valence-electron chi connectivity index (χ0n) is 10.3. The number of anilines is 1. The SMILES string of the molecule is Cc1nc(Cl)ncc1-c1ccc2cc(N)ncc2c1. The van der Waals surface area contributed by atoms with Crippen LogP contribution >= 0.6 is 11.6 Å². The summed E-state index contributed by atoms with van der Waals surface area (Å²) in [6.07, 6.45) is 3.50. The molecule has 1 aromatic carbocycles. The van der Waals surface area contributed by atoms with Gasteiger partial charge in [0.15, 0.2) is 0 Å². The van der Waals surface area contributed by atoms with Gasteiger partial charge in [-0.25, -0.2) is 15.0 Å². The maximum atomic E-state index is 5.77. The number of aromatic nitrogens is 3. The topological polar surface area (TPSA) is 64.7 Å². The van der Waals surface area contributed by atoms with Crippen molar-refractivity contribution in [2.24, 2.45) is 0 Å². The number of hydrogen-bond acceptors (Lipinski definition) is 4. The van der Waals surface area contributed by atoms with Crippen LogP contribution in [-0.2, 0) is 0 Å². The molecule has 0 atom stereocenters. The molecule has 2 aromatic heterocycles. The van der Waals surface area contributed by atoms with E-state index in [0.717, 1.165) is 27.6 Å². The standard InChI is InChI=1S/C14H11ClN4/c1-8-12(7-18-14(15)19-8)10-3-2-9-5-13(16)17-6-11(9)4-10/h2-7H,1H3,(H2,16,17). The van der Waals surface area contributed by atoms with Crippen LogP contribution in [0.5, 0.6) is 0 Å². The maximum Gasteiger partial charge on any atom is 0.222 e. The summed E-state index contributed by atoms with van der Waals surface area (Å²) < 4.78 is 0. The molecule has 0 bridgehead atoms. The largest absolute Gasteiger partial charge is 0.384 e. The van der Waals surface area contributed by atoms with Crippen molar-refractivity contribution >= 4 is 28.2 Å². The number of nitrogen functional groups attached to an aromatic ring is 1. The monoisotopic (exact) mass is 270 g/mol. The Morgan fingerprint density at radius 3 is 2.68 bits per heavy atom. The van der Waals surface area contributed by atoms with Crippen molar-refractivity contribution in [1.82, 2.24) is 15.0 Å². The van der Waals surface area contributed by atoms with Gasteiger partial charge < -0.3 is 5.73 Å². The quantitative estimate of drug-likeness (QED) is 0.690. The summed E-state index contributed by atoms with van der Waals surface area (Å²) >= 11 is 5.77. The molecule has 0 fully saturated rings. The van der Waals surface area contributed by atoms with Crippen molar-refractivity contribution in [1.29, 1.82) is 0 Å². The van der Waals surface area contributed by atoms with Crippen molar-refractivity contribution in [3.63, 3.8) is 0 Å². The van der Waals surface area contributed by atoms with Gasteiger partial charge in [-0.1, -0.05) is 12.1 Å². The lowest BCUT2D eigenvalue weighted by atomic mass is 10.0. The lowest BCUT2D eigenvalue weighted by Gasteiger charge is -2.06. The van der Waals surface area contributed by atoms with Gasteiger partial charge >= 0.3 is 0 Å². The van der Waals surface area contributed by atoms with Gasteiger partial charge in [-0.3, -0.25) is 0 Å². The Morgan fingerprint density at radius 2 is 1.89 bits per heavy atom. The van der Waals surface area contributed by atoms with Gasteiger partial charge in [-0.15, -0.1) is 0 Å². The molecular formula is C14H11ClN4. The van der Waals surface area contributed by atoms with Crippen molar-refractivity contribution in [3.8, 4) is 11.1 Å². The average molecular weight is 271 g/mol. The Labute approximate surface area is 115 Å². The van der Waals surface area contributed by atoms with Crippen molar-refractivity contribution in [3.05, 3.63) is 47.6 Å². The van der Waals surface area contributed by atoms with Crippen molar-refractivity contribution in [2.75, 3.05) is 5.73 Å². The fourth-order valence-corrected chi connectivity index (χ4v) is 2.22. The molecule has 0 unspecified atom stereocenters. The van der Waals surface area contributed by atoms with E-state index in [0.29, 0.717) is 5.82 Å². The van der Waals surface area contributed by atoms with Crippen LogP contribution < -0.4 is 5.73 Å². The fourth-order valence-electron chi connectivity index (χ4n) is 2.05. The minimum Gasteiger partial charge on any atom is -0.384 e. The number of halogens is 1. The predicted octanol–water partition coefficient (Wildman–Crippen LogP) is 3.24. The summed E-state index contributed by atoms with van der Waals surface area (Å²) in [4.78, 5) is 12.3. The van der Waals surface area contributed by atoms with Crippen LogP contribution in [0.4, 0.5) is 5.82 Å². The molecule has 0 saturated heterocycles. The molecule has 0 saturated carbocycles. The van der Waals surface area contributed by atoms with Crippen LogP contribution in [0.15, 0.2) is 36.7 Å². The van der Waals surface area contributed by atoms with Gasteiger partial charge in [0.25, 0.3) is 0 Å². The minimum absolute atomic E-state index is 0.261. The third-order valence-corrected chi connectivity index (χ3v) is 3.19. The third-order valence-electron chi connectivity index (χ3n) is 3.00. The van der Waals surface area contributed by atoms with Crippen LogP contribution in [0.2, 0.25) is 5.28 Å². The highest BCUT2D eigenvalue weighted by molar-refractivity contribution is 6.28. The molecular weight excluding hydrogens is 260 g/mol. The molecule has 0 aliphatic rings. The van der Waals surface area contributed by atoms with E-state index in [2.05, 4.69) is 15.0 Å². The number of nitrogens with zero attached hydrogens (tertiary/aromatic N) is 3. The van der Waals surface area contributed by atoms with Gasteiger partial charge in [-0.2, -0.15) is 0 Å². The zero-order chi connectivity index (χ0) is 13.4. The van der Waals surface area contributed by atoms with E-state index in [-0.39, 0.29) is 5.28 Å². The number of pyridine rings is 1. The minimum atomic E-state index is 0.261. The maximum absolute atomic E-state index is 5.77. The molecule has 5 heteroatoms. The van der Waals surface area contributed by atoms with Crippen LogP contribution in [0.1, 0.15) is 5.69 Å². The summed E-state index contributed by atoms with van der Waals surface area (Å²) in [5.41, 5.74) is 8.51. The predicted molar refractivity (Wildman–Crippen MR) is 76.9 cm³/mol. The molecule has 4 nitrogen and oxygen atoms in total. The second-order valence-corrected chi connectivity index (χ2v) is 4.65. The lowest BCUT2D eigenvalue weighted by Crippen LogP contribution is -1.92. The molecule has 0 radical (unpaired) electrons. The van der Waals surface area contributed by atoms with E-state index >= 15 is 0 Å². The van der Waals surface area contributed by atoms with Gasteiger partial charge in [0, 0.05) is 23.3 Å². The average Bonchev–Trinajstić information content (AvgIpc) is 2.38. The van der Waals surface area contributed by atoms with E-state index in [4.69, 9.17) is 17.3 Å². The Kier molecular flexibility index (Phi) is 2.80. The summed E-state index contributed by atoms with van der Waals surface area (Å²) in [7, 11) is 0. The van der Waals surface area contributed by atoms with Gasteiger partial charge in [0.1, 0.15) is 5.82 Å². The molecule has 3 aromatic rings. The number of fused-ring (bicyclic) bond motifs is 1. The highest BCUT2D eigenvalue weighted by Gasteiger charge is 2.06. The van der Waals surface area contributed by atoms with Crippen molar-refractivity contribution in [2.45, 2.75) is 6.92 Å². The second-order valence-electron chi connectivity index (χ2n) is 4.31. The Hall–Kier alpha value is -2.20. The van der Waals surface area contributed by atoms with Gasteiger partial charge in [-0.05, 0) is 41.6 Å². The molecule has 94 valence electrons. The number of rotatable bonds is 1. The summed E-state index contributed by atoms with van der Waals surface area (Å²) in [6, 6.07) is 7.92.